The molecule has 0 fully saturated rings. The van der Waals surface area contributed by atoms with E-state index in [9.17, 15) is 9.59 Å². The first-order valence-electron chi connectivity index (χ1n) is 10.8. The Hall–Kier alpha value is -2.90. The summed E-state index contributed by atoms with van der Waals surface area (Å²) in [7, 11) is 1.91. The highest BCUT2D eigenvalue weighted by Crippen LogP contribution is 2.23. The minimum Gasteiger partial charge on any atom is -0.380 e. The van der Waals surface area contributed by atoms with E-state index in [0.717, 1.165) is 40.9 Å². The van der Waals surface area contributed by atoms with Gasteiger partial charge in [0.2, 0.25) is 0 Å². The van der Waals surface area contributed by atoms with E-state index in [-0.39, 0.29) is 11.9 Å². The molecule has 0 aromatic heterocycles. The molecule has 0 atom stereocenters. The SMILES string of the molecule is CCN1Cc2cc(CNC(=O)Nc3ccc(CCOCCNC)c(C)c3)ccc2C1=O. The molecule has 0 radical (unpaired) electrons. The summed E-state index contributed by atoms with van der Waals surface area (Å²) in [6, 6.07) is 11.4. The molecule has 0 unspecified atom stereocenters. The zero-order valence-electron chi connectivity index (χ0n) is 18.6. The summed E-state index contributed by atoms with van der Waals surface area (Å²) in [4.78, 5) is 26.3. The van der Waals surface area contributed by atoms with Gasteiger partial charge < -0.3 is 25.6 Å². The number of nitrogens with zero attached hydrogens (tertiary/aromatic N) is 1. The molecule has 166 valence electrons. The first-order chi connectivity index (χ1) is 15.0. The van der Waals surface area contributed by atoms with E-state index in [4.69, 9.17) is 4.74 Å². The van der Waals surface area contributed by atoms with Crippen LogP contribution < -0.4 is 16.0 Å². The predicted octanol–water partition coefficient (Wildman–Crippen LogP) is 3.07. The molecule has 0 saturated heterocycles. The highest BCUT2D eigenvalue weighted by atomic mass is 16.5. The van der Waals surface area contributed by atoms with Crippen LogP contribution in [0.25, 0.3) is 0 Å². The molecule has 0 saturated carbocycles. The van der Waals surface area contributed by atoms with Crippen LogP contribution in [0.3, 0.4) is 0 Å². The number of aryl methyl sites for hydroxylation is 1. The molecular formula is C24H32N4O3. The van der Waals surface area contributed by atoms with Gasteiger partial charge in [-0.15, -0.1) is 0 Å². The van der Waals surface area contributed by atoms with E-state index < -0.39 is 0 Å². The normalized spacial score (nSPS) is 12.7. The summed E-state index contributed by atoms with van der Waals surface area (Å²) in [5, 5.41) is 8.83. The lowest BCUT2D eigenvalue weighted by atomic mass is 10.1. The fourth-order valence-electron chi connectivity index (χ4n) is 3.67. The minimum absolute atomic E-state index is 0.0816. The third-order valence-electron chi connectivity index (χ3n) is 5.50. The smallest absolute Gasteiger partial charge is 0.319 e. The molecule has 1 aliphatic heterocycles. The number of carbonyl (C=O) groups excluding carboxylic acids is 2. The van der Waals surface area contributed by atoms with Gasteiger partial charge in [-0.1, -0.05) is 18.2 Å². The monoisotopic (exact) mass is 424 g/mol. The minimum atomic E-state index is -0.255. The largest absolute Gasteiger partial charge is 0.380 e. The van der Waals surface area contributed by atoms with Gasteiger partial charge in [0.15, 0.2) is 0 Å². The van der Waals surface area contributed by atoms with Crippen LogP contribution >= 0.6 is 0 Å². The number of hydrogen-bond acceptors (Lipinski definition) is 4. The first kappa shape index (κ1) is 22.8. The van der Waals surface area contributed by atoms with E-state index in [0.29, 0.717) is 32.8 Å². The molecule has 3 rings (SSSR count). The average molecular weight is 425 g/mol. The Bertz CT molecular complexity index is 929. The molecule has 0 bridgehead atoms. The zero-order chi connectivity index (χ0) is 22.2. The van der Waals surface area contributed by atoms with Gasteiger partial charge in [-0.05, 0) is 67.8 Å². The van der Waals surface area contributed by atoms with E-state index in [1.165, 1.54) is 5.56 Å². The molecule has 3 amide bonds. The van der Waals surface area contributed by atoms with Gasteiger partial charge in [-0.3, -0.25) is 4.79 Å². The maximum atomic E-state index is 12.3. The molecule has 7 heteroatoms. The van der Waals surface area contributed by atoms with Gasteiger partial charge >= 0.3 is 6.03 Å². The van der Waals surface area contributed by atoms with Crippen LogP contribution in [0.15, 0.2) is 36.4 Å². The Balaban J connectivity index is 1.48. The van der Waals surface area contributed by atoms with Crippen molar-refractivity contribution >= 4 is 17.6 Å². The standard InChI is InChI=1S/C24H32N4O3/c1-4-28-16-20-14-18(5-8-22(20)23(28)29)15-26-24(30)27-21-7-6-19(17(2)13-21)9-11-31-12-10-25-3/h5-8,13-14,25H,4,9-12,15-16H2,1-3H3,(H2,26,27,30). The lowest BCUT2D eigenvalue weighted by molar-refractivity contribution is 0.0787. The van der Waals surface area contributed by atoms with Crippen LogP contribution in [0.4, 0.5) is 10.5 Å². The second-order valence-electron chi connectivity index (χ2n) is 7.73. The van der Waals surface area contributed by atoms with Gasteiger partial charge in [-0.2, -0.15) is 0 Å². The summed E-state index contributed by atoms with van der Waals surface area (Å²) in [5.74, 6) is 0.0816. The third kappa shape index (κ3) is 6.06. The number of urea groups is 1. The quantitative estimate of drug-likeness (QED) is 0.512. The predicted molar refractivity (Wildman–Crippen MR) is 122 cm³/mol. The average Bonchev–Trinajstić information content (AvgIpc) is 3.08. The van der Waals surface area contributed by atoms with Crippen molar-refractivity contribution in [2.45, 2.75) is 33.4 Å². The van der Waals surface area contributed by atoms with Crippen LogP contribution in [-0.4, -0.2) is 50.2 Å². The molecule has 1 heterocycles. The number of nitrogens with one attached hydrogen (secondary N) is 3. The lowest BCUT2D eigenvalue weighted by Gasteiger charge is -2.12. The van der Waals surface area contributed by atoms with Crippen molar-refractivity contribution in [2.75, 3.05) is 38.7 Å². The summed E-state index contributed by atoms with van der Waals surface area (Å²) >= 11 is 0. The van der Waals surface area contributed by atoms with Crippen molar-refractivity contribution in [1.82, 2.24) is 15.5 Å². The molecule has 7 nitrogen and oxygen atoms in total. The van der Waals surface area contributed by atoms with Gasteiger partial charge in [0.1, 0.15) is 0 Å². The third-order valence-corrected chi connectivity index (χ3v) is 5.50. The Morgan fingerprint density at radius 3 is 2.74 bits per heavy atom. The molecule has 2 aromatic carbocycles. The molecule has 31 heavy (non-hydrogen) atoms. The Morgan fingerprint density at radius 1 is 1.16 bits per heavy atom. The van der Waals surface area contributed by atoms with Crippen LogP contribution in [0.1, 0.15) is 39.5 Å². The number of likely N-dealkylation sites (N-methyl/N-ethyl adjacent to an activating group) is 1. The maximum Gasteiger partial charge on any atom is 0.319 e. The van der Waals surface area contributed by atoms with E-state index in [2.05, 4.69) is 16.0 Å². The van der Waals surface area contributed by atoms with Crippen LogP contribution in [-0.2, 0) is 24.2 Å². The highest BCUT2D eigenvalue weighted by Gasteiger charge is 2.25. The number of fused-ring (bicyclic) bond motifs is 1. The number of benzene rings is 2. The topological polar surface area (TPSA) is 82.7 Å². The number of amides is 3. The molecule has 1 aliphatic rings. The molecule has 0 aliphatic carbocycles. The first-order valence-corrected chi connectivity index (χ1v) is 10.8. The molecule has 2 aromatic rings. The number of rotatable bonds is 10. The van der Waals surface area contributed by atoms with Crippen LogP contribution in [0, 0.1) is 6.92 Å². The van der Waals surface area contributed by atoms with E-state index >= 15 is 0 Å². The fourth-order valence-corrected chi connectivity index (χ4v) is 3.67. The summed E-state index contributed by atoms with van der Waals surface area (Å²) in [5.41, 5.74) is 5.85. The summed E-state index contributed by atoms with van der Waals surface area (Å²) < 4.78 is 5.58. The molecular weight excluding hydrogens is 392 g/mol. The summed E-state index contributed by atoms with van der Waals surface area (Å²) in [6.45, 7) is 7.98. The van der Waals surface area contributed by atoms with E-state index in [1.807, 2.05) is 62.2 Å². The van der Waals surface area contributed by atoms with Crippen molar-refractivity contribution in [2.24, 2.45) is 0 Å². The number of anilines is 1. The highest BCUT2D eigenvalue weighted by molar-refractivity contribution is 5.98. The summed E-state index contributed by atoms with van der Waals surface area (Å²) in [6.07, 6.45) is 0.846. The maximum absolute atomic E-state index is 12.3. The van der Waals surface area contributed by atoms with Crippen LogP contribution in [0.2, 0.25) is 0 Å². The van der Waals surface area contributed by atoms with Crippen molar-refractivity contribution in [3.8, 4) is 0 Å². The Labute approximate surface area is 184 Å². The lowest BCUT2D eigenvalue weighted by Crippen LogP contribution is -2.28. The molecule has 0 spiro atoms. The molecule has 3 N–H and O–H groups in total. The van der Waals surface area contributed by atoms with Crippen LogP contribution in [0.5, 0.6) is 0 Å². The van der Waals surface area contributed by atoms with Crippen molar-refractivity contribution in [3.05, 3.63) is 64.2 Å². The van der Waals surface area contributed by atoms with Crippen molar-refractivity contribution in [3.63, 3.8) is 0 Å². The van der Waals surface area contributed by atoms with Gasteiger partial charge in [0.25, 0.3) is 5.91 Å². The Morgan fingerprint density at radius 2 is 2.00 bits per heavy atom. The van der Waals surface area contributed by atoms with Crippen molar-refractivity contribution < 1.29 is 14.3 Å². The second-order valence-corrected chi connectivity index (χ2v) is 7.73. The van der Waals surface area contributed by atoms with Gasteiger partial charge in [0, 0.05) is 37.4 Å². The van der Waals surface area contributed by atoms with Crippen molar-refractivity contribution in [1.29, 1.82) is 0 Å². The van der Waals surface area contributed by atoms with E-state index in [1.54, 1.807) is 0 Å². The van der Waals surface area contributed by atoms with Gasteiger partial charge in [0.05, 0.1) is 13.2 Å². The fraction of sp³-hybridized carbons (Fsp3) is 0.417. The number of carbonyl (C=O) groups is 2. The second kappa shape index (κ2) is 10.9. The number of ether oxygens (including phenoxy) is 1. The Kier molecular flexibility index (Phi) is 8.03. The number of hydrogen-bond donors (Lipinski definition) is 3. The zero-order valence-corrected chi connectivity index (χ0v) is 18.6. The van der Waals surface area contributed by atoms with Gasteiger partial charge in [-0.25, -0.2) is 4.79 Å².